The summed E-state index contributed by atoms with van der Waals surface area (Å²) in [6.45, 7) is 4.02. The van der Waals surface area contributed by atoms with Crippen LogP contribution in [0.5, 0.6) is 0 Å². The minimum Gasteiger partial charge on any atom is -0.460 e. The van der Waals surface area contributed by atoms with Gasteiger partial charge >= 0.3 is 5.97 Å². The van der Waals surface area contributed by atoms with Gasteiger partial charge in [-0.05, 0) is 39.0 Å². The minimum absolute atomic E-state index is 0.215. The van der Waals surface area contributed by atoms with E-state index in [4.69, 9.17) is 4.74 Å². The molecule has 0 radical (unpaired) electrons. The first-order chi connectivity index (χ1) is 11.7. The second kappa shape index (κ2) is 13.5. The largest absolute Gasteiger partial charge is 0.460 e. The van der Waals surface area contributed by atoms with Crippen LogP contribution >= 0.6 is 0 Å². The van der Waals surface area contributed by atoms with E-state index >= 15 is 0 Å². The van der Waals surface area contributed by atoms with Gasteiger partial charge in [0.2, 0.25) is 0 Å². The van der Waals surface area contributed by atoms with Crippen molar-refractivity contribution in [2.45, 2.75) is 110 Å². The van der Waals surface area contributed by atoms with Gasteiger partial charge in [-0.1, -0.05) is 70.4 Å². The monoisotopic (exact) mass is 338 g/mol. The lowest BCUT2D eigenvalue weighted by Gasteiger charge is -2.11. The van der Waals surface area contributed by atoms with Crippen molar-refractivity contribution in [2.75, 3.05) is 0 Å². The normalized spacial score (nSPS) is 24.0. The number of rotatable bonds is 14. The van der Waals surface area contributed by atoms with Crippen LogP contribution in [0, 0.1) is 5.92 Å². The lowest BCUT2D eigenvalue weighted by Crippen LogP contribution is -2.24. The molecule has 1 rings (SSSR count). The smallest absolute Gasteiger partial charge is 0.312 e. The van der Waals surface area contributed by atoms with E-state index in [1.807, 2.05) is 0 Å². The maximum atomic E-state index is 11.6. The van der Waals surface area contributed by atoms with E-state index < -0.39 is 6.10 Å². The van der Waals surface area contributed by atoms with Gasteiger partial charge in [0, 0.05) is 0 Å². The maximum Gasteiger partial charge on any atom is 0.312 e. The van der Waals surface area contributed by atoms with Gasteiger partial charge < -0.3 is 9.84 Å². The van der Waals surface area contributed by atoms with Crippen LogP contribution in [0.2, 0.25) is 0 Å². The Hall–Kier alpha value is -0.830. The van der Waals surface area contributed by atoms with Crippen molar-refractivity contribution in [3.63, 3.8) is 0 Å². The second-order valence-corrected chi connectivity index (χ2v) is 7.26. The zero-order chi connectivity index (χ0) is 17.6. The fourth-order valence-electron chi connectivity index (χ4n) is 3.35. The quantitative estimate of drug-likeness (QED) is 0.256. The average Bonchev–Trinajstić information content (AvgIpc) is 2.81. The molecule has 0 aliphatic carbocycles. The molecular formula is C21H38O3. The number of esters is 1. The van der Waals surface area contributed by atoms with Crippen LogP contribution in [-0.2, 0) is 9.53 Å². The van der Waals surface area contributed by atoms with Crippen LogP contribution in [0.4, 0.5) is 0 Å². The molecule has 3 nitrogen and oxygen atoms in total. The Morgan fingerprint density at radius 2 is 1.46 bits per heavy atom. The van der Waals surface area contributed by atoms with Crippen molar-refractivity contribution in [1.29, 1.82) is 0 Å². The molecule has 1 fully saturated rings. The summed E-state index contributed by atoms with van der Waals surface area (Å²) in [5.41, 5.74) is 0. The third-order valence-electron chi connectivity index (χ3n) is 5.02. The molecule has 0 amide bonds. The number of carbonyl (C=O) groups is 1. The van der Waals surface area contributed by atoms with Gasteiger partial charge in [0.1, 0.15) is 12.2 Å². The molecule has 24 heavy (non-hydrogen) atoms. The number of ether oxygens (including phenoxy) is 1. The van der Waals surface area contributed by atoms with Crippen molar-refractivity contribution < 1.29 is 14.6 Å². The molecule has 1 aliphatic rings. The van der Waals surface area contributed by atoms with Gasteiger partial charge in [0.15, 0.2) is 0 Å². The first-order valence-electron chi connectivity index (χ1n) is 10.2. The molecule has 1 aliphatic heterocycles. The van der Waals surface area contributed by atoms with Gasteiger partial charge in [-0.2, -0.15) is 0 Å². The summed E-state index contributed by atoms with van der Waals surface area (Å²) in [4.78, 5) is 11.6. The van der Waals surface area contributed by atoms with Gasteiger partial charge in [-0.25, -0.2) is 0 Å². The molecule has 0 spiro atoms. The van der Waals surface area contributed by atoms with Gasteiger partial charge in [-0.15, -0.1) is 0 Å². The third kappa shape index (κ3) is 8.86. The molecule has 3 atom stereocenters. The van der Waals surface area contributed by atoms with Crippen LogP contribution in [0.25, 0.3) is 0 Å². The molecule has 1 saturated heterocycles. The highest BCUT2D eigenvalue weighted by atomic mass is 16.6. The fourth-order valence-corrected chi connectivity index (χ4v) is 3.35. The summed E-state index contributed by atoms with van der Waals surface area (Å²) in [6, 6.07) is 0. The molecule has 0 aromatic heterocycles. The highest BCUT2D eigenvalue weighted by Crippen LogP contribution is 2.26. The van der Waals surface area contributed by atoms with Gasteiger partial charge in [-0.3, -0.25) is 4.79 Å². The van der Waals surface area contributed by atoms with Crippen molar-refractivity contribution in [3.05, 3.63) is 12.2 Å². The Bertz CT molecular complexity index is 351. The summed E-state index contributed by atoms with van der Waals surface area (Å²) in [6.07, 6.45) is 19.6. The molecule has 0 bridgehead atoms. The zero-order valence-corrected chi connectivity index (χ0v) is 15.8. The predicted molar refractivity (Wildman–Crippen MR) is 99.9 cm³/mol. The SMILES string of the molecule is CCCCCCCCC=CCCCCCCC1C(=O)OC(C)C1O. The number of carbonyl (C=O) groups excluding carboxylic acids is 1. The van der Waals surface area contributed by atoms with Crippen molar-refractivity contribution >= 4 is 5.97 Å². The standard InChI is InChI=1S/C21H38O3/c1-3-4-5-6-7-8-9-10-11-12-13-14-15-16-17-19-20(22)18(2)24-21(19)23/h10-11,18-20,22H,3-9,12-17H2,1-2H3. The molecule has 3 unspecified atom stereocenters. The van der Waals surface area contributed by atoms with E-state index in [0.29, 0.717) is 0 Å². The zero-order valence-electron chi connectivity index (χ0n) is 15.8. The van der Waals surface area contributed by atoms with Crippen LogP contribution < -0.4 is 0 Å². The van der Waals surface area contributed by atoms with Crippen molar-refractivity contribution in [2.24, 2.45) is 5.92 Å². The van der Waals surface area contributed by atoms with Crippen LogP contribution in [0.15, 0.2) is 12.2 Å². The molecule has 0 aromatic carbocycles. The molecule has 0 saturated carbocycles. The fraction of sp³-hybridized carbons (Fsp3) is 0.857. The molecule has 1 N–H and O–H groups in total. The molecule has 0 aromatic rings. The Kier molecular flexibility index (Phi) is 11.9. The Labute approximate surface area is 148 Å². The van der Waals surface area contributed by atoms with E-state index in [0.717, 1.165) is 19.3 Å². The van der Waals surface area contributed by atoms with Crippen molar-refractivity contribution in [3.8, 4) is 0 Å². The van der Waals surface area contributed by atoms with E-state index in [-0.39, 0.29) is 18.0 Å². The lowest BCUT2D eigenvalue weighted by atomic mass is 9.95. The third-order valence-corrected chi connectivity index (χ3v) is 5.02. The van der Waals surface area contributed by atoms with E-state index in [1.165, 1.54) is 64.2 Å². The second-order valence-electron chi connectivity index (χ2n) is 7.26. The molecule has 1 heterocycles. The van der Waals surface area contributed by atoms with Gasteiger partial charge in [0.25, 0.3) is 0 Å². The summed E-state index contributed by atoms with van der Waals surface area (Å²) in [5, 5.41) is 9.88. The Morgan fingerprint density at radius 1 is 0.917 bits per heavy atom. The highest BCUT2D eigenvalue weighted by molar-refractivity contribution is 5.75. The summed E-state index contributed by atoms with van der Waals surface area (Å²) in [5.74, 6) is -0.509. The first kappa shape index (κ1) is 21.2. The minimum atomic E-state index is -0.609. The van der Waals surface area contributed by atoms with E-state index in [2.05, 4.69) is 19.1 Å². The first-order valence-corrected chi connectivity index (χ1v) is 10.2. The Morgan fingerprint density at radius 3 is 2.00 bits per heavy atom. The average molecular weight is 339 g/mol. The van der Waals surface area contributed by atoms with Crippen LogP contribution in [0.1, 0.15) is 97.3 Å². The van der Waals surface area contributed by atoms with Gasteiger partial charge in [0.05, 0.1) is 5.92 Å². The topological polar surface area (TPSA) is 46.5 Å². The van der Waals surface area contributed by atoms with E-state index in [9.17, 15) is 9.90 Å². The summed E-state index contributed by atoms with van der Waals surface area (Å²) >= 11 is 0. The van der Waals surface area contributed by atoms with Crippen LogP contribution in [0.3, 0.4) is 0 Å². The number of hydrogen-bond donors (Lipinski definition) is 1. The number of hydrogen-bond acceptors (Lipinski definition) is 3. The summed E-state index contributed by atoms with van der Waals surface area (Å²) in [7, 11) is 0. The number of allylic oxidation sites excluding steroid dienone is 2. The Balaban J connectivity index is 1.87. The molecular weight excluding hydrogens is 300 g/mol. The number of unbranched alkanes of at least 4 members (excludes halogenated alkanes) is 10. The maximum absolute atomic E-state index is 11.6. The van der Waals surface area contributed by atoms with Crippen molar-refractivity contribution in [1.82, 2.24) is 0 Å². The van der Waals surface area contributed by atoms with Crippen LogP contribution in [-0.4, -0.2) is 23.3 Å². The number of aliphatic hydroxyl groups excluding tert-OH is 1. The lowest BCUT2D eigenvalue weighted by molar-refractivity contribution is -0.143. The summed E-state index contributed by atoms with van der Waals surface area (Å²) < 4.78 is 5.06. The highest BCUT2D eigenvalue weighted by Gasteiger charge is 2.40. The number of cyclic esters (lactones) is 1. The number of aliphatic hydroxyl groups is 1. The molecule has 3 heteroatoms. The molecule has 140 valence electrons. The predicted octanol–water partition coefficient (Wildman–Crippen LogP) is 5.56. The van der Waals surface area contributed by atoms with E-state index in [1.54, 1.807) is 6.92 Å².